The van der Waals surface area contributed by atoms with Gasteiger partial charge in [-0.3, -0.25) is 4.79 Å². The highest BCUT2D eigenvalue weighted by Gasteiger charge is 2.15. The molecule has 0 saturated heterocycles. The van der Waals surface area contributed by atoms with E-state index < -0.39 is 0 Å². The van der Waals surface area contributed by atoms with E-state index in [1.165, 1.54) is 0 Å². The van der Waals surface area contributed by atoms with E-state index in [9.17, 15) is 4.79 Å². The second-order valence-corrected chi connectivity index (χ2v) is 6.21. The van der Waals surface area contributed by atoms with Crippen LogP contribution in [-0.2, 0) is 13.2 Å². The maximum absolute atomic E-state index is 12.8. The fraction of sp³-hybridized carbons (Fsp3) is 0.286. The lowest BCUT2D eigenvalue weighted by atomic mass is 10.1. The van der Waals surface area contributed by atoms with Gasteiger partial charge >= 0.3 is 0 Å². The second-order valence-electron chi connectivity index (χ2n) is 6.21. The number of rotatable bonds is 8. The molecule has 1 amide bonds. The number of amides is 1. The lowest BCUT2D eigenvalue weighted by Crippen LogP contribution is -2.30. The largest absolute Gasteiger partial charge is 0.497 e. The first-order chi connectivity index (χ1) is 13.6. The van der Waals surface area contributed by atoms with Crippen LogP contribution in [0.1, 0.15) is 34.6 Å². The van der Waals surface area contributed by atoms with Crippen molar-refractivity contribution in [3.8, 4) is 11.5 Å². The van der Waals surface area contributed by atoms with Gasteiger partial charge in [-0.2, -0.15) is 4.98 Å². The molecule has 28 heavy (non-hydrogen) atoms. The zero-order chi connectivity index (χ0) is 19.9. The minimum atomic E-state index is -0.0290. The summed E-state index contributed by atoms with van der Waals surface area (Å²) in [7, 11) is 1.63. The Balaban J connectivity index is 1.61. The van der Waals surface area contributed by atoms with Crippen LogP contribution in [0.5, 0.6) is 11.5 Å². The molecule has 3 aromatic rings. The molecule has 7 heteroatoms. The van der Waals surface area contributed by atoms with Gasteiger partial charge < -0.3 is 18.9 Å². The van der Waals surface area contributed by atoms with Crippen molar-refractivity contribution in [3.63, 3.8) is 0 Å². The molecule has 0 N–H and O–H groups in total. The van der Waals surface area contributed by atoms with E-state index in [0.717, 1.165) is 11.3 Å². The third kappa shape index (κ3) is 4.88. The highest BCUT2D eigenvalue weighted by Crippen LogP contribution is 2.17. The van der Waals surface area contributed by atoms with Gasteiger partial charge in [0.1, 0.15) is 11.5 Å². The fourth-order valence-electron chi connectivity index (χ4n) is 2.70. The lowest BCUT2D eigenvalue weighted by molar-refractivity contribution is 0.0752. The Hall–Kier alpha value is -3.35. The Morgan fingerprint density at radius 1 is 1.07 bits per heavy atom. The van der Waals surface area contributed by atoms with Gasteiger partial charge in [-0.1, -0.05) is 17.3 Å². The predicted molar refractivity (Wildman–Crippen MR) is 103 cm³/mol. The SMILES string of the molecule is CCN(Cc1ccc(OC)cc1)C(=O)c1ccc(OCc2noc(C)n2)cc1. The summed E-state index contributed by atoms with van der Waals surface area (Å²) in [5, 5.41) is 3.78. The maximum atomic E-state index is 12.8. The van der Waals surface area contributed by atoms with Crippen LogP contribution in [0.25, 0.3) is 0 Å². The van der Waals surface area contributed by atoms with Crippen molar-refractivity contribution in [2.75, 3.05) is 13.7 Å². The lowest BCUT2D eigenvalue weighted by Gasteiger charge is -2.21. The van der Waals surface area contributed by atoms with Crippen molar-refractivity contribution in [1.29, 1.82) is 0 Å². The van der Waals surface area contributed by atoms with E-state index in [1.807, 2.05) is 31.2 Å². The Kier molecular flexibility index (Phi) is 6.26. The molecular formula is C21H23N3O4. The van der Waals surface area contributed by atoms with E-state index in [1.54, 1.807) is 43.2 Å². The first-order valence-electron chi connectivity index (χ1n) is 9.03. The van der Waals surface area contributed by atoms with Gasteiger partial charge in [0.15, 0.2) is 6.61 Å². The summed E-state index contributed by atoms with van der Waals surface area (Å²) < 4.78 is 15.7. The van der Waals surface area contributed by atoms with Crippen LogP contribution in [0.4, 0.5) is 0 Å². The molecule has 0 saturated carbocycles. The minimum Gasteiger partial charge on any atom is -0.497 e. The second kappa shape index (κ2) is 9.03. The molecule has 0 fully saturated rings. The average molecular weight is 381 g/mol. The summed E-state index contributed by atoms with van der Waals surface area (Å²) in [5.74, 6) is 2.38. The van der Waals surface area contributed by atoms with Crippen molar-refractivity contribution in [1.82, 2.24) is 15.0 Å². The number of hydrogen-bond acceptors (Lipinski definition) is 6. The topological polar surface area (TPSA) is 77.7 Å². The van der Waals surface area contributed by atoms with Crippen LogP contribution in [0, 0.1) is 6.92 Å². The fourth-order valence-corrected chi connectivity index (χ4v) is 2.70. The number of carbonyl (C=O) groups is 1. The molecule has 0 radical (unpaired) electrons. The number of methoxy groups -OCH3 is 1. The monoisotopic (exact) mass is 381 g/mol. The average Bonchev–Trinajstić information content (AvgIpc) is 3.16. The third-order valence-electron chi connectivity index (χ3n) is 4.24. The molecule has 146 valence electrons. The van der Waals surface area contributed by atoms with Crippen LogP contribution in [0.2, 0.25) is 0 Å². The molecular weight excluding hydrogens is 358 g/mol. The quantitative estimate of drug-likeness (QED) is 0.593. The van der Waals surface area contributed by atoms with E-state index in [0.29, 0.717) is 36.1 Å². The van der Waals surface area contributed by atoms with Crippen molar-refractivity contribution in [2.45, 2.75) is 27.0 Å². The zero-order valence-corrected chi connectivity index (χ0v) is 16.2. The van der Waals surface area contributed by atoms with Gasteiger partial charge in [-0.15, -0.1) is 0 Å². The third-order valence-corrected chi connectivity index (χ3v) is 4.24. The number of benzene rings is 2. The van der Waals surface area contributed by atoms with E-state index in [-0.39, 0.29) is 12.5 Å². The van der Waals surface area contributed by atoms with Crippen molar-refractivity contribution >= 4 is 5.91 Å². The van der Waals surface area contributed by atoms with E-state index in [4.69, 9.17) is 14.0 Å². The van der Waals surface area contributed by atoms with Gasteiger partial charge in [-0.05, 0) is 48.9 Å². The molecule has 0 aliphatic heterocycles. The summed E-state index contributed by atoms with van der Waals surface area (Å²) in [6.45, 7) is 5.05. The van der Waals surface area contributed by atoms with E-state index in [2.05, 4.69) is 10.1 Å². The number of carbonyl (C=O) groups excluding carboxylic acids is 1. The van der Waals surface area contributed by atoms with Crippen LogP contribution in [0.3, 0.4) is 0 Å². The minimum absolute atomic E-state index is 0.0290. The zero-order valence-electron chi connectivity index (χ0n) is 16.2. The molecule has 0 aliphatic rings. The van der Waals surface area contributed by atoms with Gasteiger partial charge in [0, 0.05) is 25.6 Å². The van der Waals surface area contributed by atoms with E-state index >= 15 is 0 Å². The van der Waals surface area contributed by atoms with Gasteiger partial charge in [0.05, 0.1) is 7.11 Å². The Labute approximate surface area is 163 Å². The first-order valence-corrected chi connectivity index (χ1v) is 9.03. The van der Waals surface area contributed by atoms with Crippen LogP contribution >= 0.6 is 0 Å². The summed E-state index contributed by atoms with van der Waals surface area (Å²) in [4.78, 5) is 18.7. The maximum Gasteiger partial charge on any atom is 0.254 e. The standard InChI is InChI=1S/C21H23N3O4/c1-4-24(13-16-5-9-18(26-3)10-6-16)21(25)17-7-11-19(12-8-17)27-14-20-22-15(2)28-23-20/h5-12H,4,13-14H2,1-3H3. The predicted octanol–water partition coefficient (Wildman–Crippen LogP) is 3.63. The molecule has 1 aromatic heterocycles. The smallest absolute Gasteiger partial charge is 0.254 e. The van der Waals surface area contributed by atoms with Crippen LogP contribution in [0.15, 0.2) is 53.1 Å². The van der Waals surface area contributed by atoms with Crippen LogP contribution in [-0.4, -0.2) is 34.6 Å². The molecule has 0 bridgehead atoms. The van der Waals surface area contributed by atoms with Crippen molar-refractivity contribution in [3.05, 3.63) is 71.4 Å². The summed E-state index contributed by atoms with van der Waals surface area (Å²) >= 11 is 0. The summed E-state index contributed by atoms with van der Waals surface area (Å²) in [6.07, 6.45) is 0. The van der Waals surface area contributed by atoms with Crippen molar-refractivity contribution < 1.29 is 18.8 Å². The highest BCUT2D eigenvalue weighted by atomic mass is 16.5. The van der Waals surface area contributed by atoms with Crippen molar-refractivity contribution in [2.24, 2.45) is 0 Å². The number of hydrogen-bond donors (Lipinski definition) is 0. The van der Waals surface area contributed by atoms with Crippen LogP contribution < -0.4 is 9.47 Å². The number of nitrogens with zero attached hydrogens (tertiary/aromatic N) is 3. The number of aromatic nitrogens is 2. The van der Waals surface area contributed by atoms with Gasteiger partial charge in [0.2, 0.25) is 11.7 Å². The summed E-state index contributed by atoms with van der Waals surface area (Å²) in [5.41, 5.74) is 1.66. The molecule has 3 rings (SSSR count). The summed E-state index contributed by atoms with van der Waals surface area (Å²) in [6, 6.07) is 14.8. The first kappa shape index (κ1) is 19.4. The molecule has 1 heterocycles. The molecule has 0 unspecified atom stereocenters. The molecule has 0 aliphatic carbocycles. The number of aryl methyl sites for hydroxylation is 1. The van der Waals surface area contributed by atoms with Gasteiger partial charge in [-0.25, -0.2) is 0 Å². The molecule has 2 aromatic carbocycles. The molecule has 7 nitrogen and oxygen atoms in total. The highest BCUT2D eigenvalue weighted by molar-refractivity contribution is 5.94. The molecule has 0 atom stereocenters. The number of ether oxygens (including phenoxy) is 2. The molecule has 0 spiro atoms. The van der Waals surface area contributed by atoms with Gasteiger partial charge in [0.25, 0.3) is 5.91 Å². The normalized spacial score (nSPS) is 10.5. The Morgan fingerprint density at radius 3 is 2.32 bits per heavy atom. The Bertz CT molecular complexity index is 904. The Morgan fingerprint density at radius 2 is 1.75 bits per heavy atom.